The second kappa shape index (κ2) is 5.56. The maximum Gasteiger partial charge on any atom is 0.329 e. The van der Waals surface area contributed by atoms with Gasteiger partial charge in [0.25, 0.3) is 0 Å². The van der Waals surface area contributed by atoms with Crippen LogP contribution in [0.4, 0.5) is 4.79 Å². The van der Waals surface area contributed by atoms with E-state index in [1.807, 2.05) is 5.38 Å². The van der Waals surface area contributed by atoms with Crippen molar-refractivity contribution < 1.29 is 14.7 Å². The van der Waals surface area contributed by atoms with Crippen LogP contribution in [0.2, 0.25) is 0 Å². The number of aliphatic carboxylic acids is 1. The third-order valence-corrected chi connectivity index (χ3v) is 4.12. The molecular weight excluding hydrogens is 266 g/mol. The summed E-state index contributed by atoms with van der Waals surface area (Å²) in [4.78, 5) is 28.8. The summed E-state index contributed by atoms with van der Waals surface area (Å²) in [6.45, 7) is 2.56. The number of carbonyl (C=O) groups excluding carboxylic acids is 1. The van der Waals surface area contributed by atoms with E-state index < -0.39 is 11.5 Å². The second-order valence-electron chi connectivity index (χ2n) is 4.80. The number of likely N-dealkylation sites (tertiary alicyclic amines) is 1. The molecule has 0 bridgehead atoms. The molecule has 6 nitrogen and oxygen atoms in total. The Hall–Kier alpha value is -1.63. The number of carboxylic acid groups (broad SMARTS) is 1. The molecule has 19 heavy (non-hydrogen) atoms. The minimum Gasteiger partial charge on any atom is -0.480 e. The van der Waals surface area contributed by atoms with Crippen molar-refractivity contribution >= 4 is 23.3 Å². The van der Waals surface area contributed by atoms with E-state index in [9.17, 15) is 14.7 Å². The third kappa shape index (κ3) is 2.86. The molecule has 0 saturated carbocycles. The lowest BCUT2D eigenvalue weighted by Gasteiger charge is -2.31. The van der Waals surface area contributed by atoms with Gasteiger partial charge in [0, 0.05) is 24.9 Å². The van der Waals surface area contributed by atoms with E-state index in [-0.39, 0.29) is 6.03 Å². The molecule has 0 spiro atoms. The van der Waals surface area contributed by atoms with Gasteiger partial charge in [-0.2, -0.15) is 0 Å². The van der Waals surface area contributed by atoms with Gasteiger partial charge in [-0.1, -0.05) is 0 Å². The van der Waals surface area contributed by atoms with Gasteiger partial charge in [0.1, 0.15) is 5.54 Å². The normalized spacial score (nSPS) is 22.5. The summed E-state index contributed by atoms with van der Waals surface area (Å²) < 4.78 is 0. The third-order valence-electron chi connectivity index (χ3n) is 3.49. The van der Waals surface area contributed by atoms with E-state index in [0.717, 1.165) is 12.1 Å². The van der Waals surface area contributed by atoms with Crippen molar-refractivity contribution in [2.45, 2.75) is 31.7 Å². The van der Waals surface area contributed by atoms with Crippen LogP contribution in [0.3, 0.4) is 0 Å². The highest BCUT2D eigenvalue weighted by molar-refractivity contribution is 7.07. The standard InChI is InChI=1S/C12H17N3O3S/c1-12(10(16)17)4-2-6-15(12)11(18)13-5-3-9-7-19-8-14-9/h7-8H,2-6H2,1H3,(H,13,18)(H,16,17). The van der Waals surface area contributed by atoms with Crippen molar-refractivity contribution in [3.8, 4) is 0 Å². The quantitative estimate of drug-likeness (QED) is 0.873. The number of nitrogens with one attached hydrogen (secondary N) is 1. The first-order valence-electron chi connectivity index (χ1n) is 6.20. The SMILES string of the molecule is CC1(C(=O)O)CCCN1C(=O)NCCc1cscn1. The van der Waals surface area contributed by atoms with Gasteiger partial charge in [0.05, 0.1) is 11.2 Å². The van der Waals surface area contributed by atoms with Crippen molar-refractivity contribution in [1.82, 2.24) is 15.2 Å². The number of aromatic nitrogens is 1. The average Bonchev–Trinajstić information content (AvgIpc) is 2.99. The number of amides is 2. The molecule has 104 valence electrons. The highest BCUT2D eigenvalue weighted by Crippen LogP contribution is 2.29. The molecule has 1 saturated heterocycles. The Morgan fingerprint density at radius 2 is 2.42 bits per heavy atom. The monoisotopic (exact) mass is 283 g/mol. The molecule has 0 radical (unpaired) electrons. The topological polar surface area (TPSA) is 82.5 Å². The van der Waals surface area contributed by atoms with Crippen LogP contribution in [0, 0.1) is 0 Å². The van der Waals surface area contributed by atoms with E-state index in [1.54, 1.807) is 12.4 Å². The van der Waals surface area contributed by atoms with Gasteiger partial charge >= 0.3 is 12.0 Å². The first-order chi connectivity index (χ1) is 9.04. The molecule has 2 amide bonds. The maximum atomic E-state index is 12.0. The van der Waals surface area contributed by atoms with Gasteiger partial charge in [0.2, 0.25) is 0 Å². The van der Waals surface area contributed by atoms with Crippen molar-refractivity contribution in [2.24, 2.45) is 0 Å². The van der Waals surface area contributed by atoms with Crippen LogP contribution in [-0.2, 0) is 11.2 Å². The molecule has 7 heteroatoms. The summed E-state index contributed by atoms with van der Waals surface area (Å²) in [5.74, 6) is -0.945. The highest BCUT2D eigenvalue weighted by atomic mass is 32.1. The summed E-state index contributed by atoms with van der Waals surface area (Å²) in [6.07, 6.45) is 1.89. The summed E-state index contributed by atoms with van der Waals surface area (Å²) in [6, 6.07) is -0.308. The van der Waals surface area contributed by atoms with E-state index in [1.165, 1.54) is 16.2 Å². The van der Waals surface area contributed by atoms with Gasteiger partial charge in [-0.15, -0.1) is 11.3 Å². The first kappa shape index (κ1) is 13.8. The van der Waals surface area contributed by atoms with E-state index in [2.05, 4.69) is 10.3 Å². The van der Waals surface area contributed by atoms with Gasteiger partial charge in [-0.05, 0) is 19.8 Å². The van der Waals surface area contributed by atoms with Crippen LogP contribution < -0.4 is 5.32 Å². The van der Waals surface area contributed by atoms with Crippen LogP contribution in [0.25, 0.3) is 0 Å². The molecule has 0 aromatic carbocycles. The number of rotatable bonds is 4. The molecule has 1 aliphatic rings. The average molecular weight is 283 g/mol. The fourth-order valence-electron chi connectivity index (χ4n) is 2.27. The molecule has 2 N–H and O–H groups in total. The Morgan fingerprint density at radius 1 is 1.63 bits per heavy atom. The van der Waals surface area contributed by atoms with Crippen molar-refractivity contribution in [3.63, 3.8) is 0 Å². The molecule has 1 fully saturated rings. The number of thiazole rings is 1. The zero-order chi connectivity index (χ0) is 13.9. The minimum atomic E-state index is -1.08. The van der Waals surface area contributed by atoms with Gasteiger partial charge < -0.3 is 15.3 Å². The highest BCUT2D eigenvalue weighted by Gasteiger charge is 2.45. The van der Waals surface area contributed by atoms with Crippen molar-refractivity contribution in [2.75, 3.05) is 13.1 Å². The molecule has 2 rings (SSSR count). The summed E-state index contributed by atoms with van der Waals surface area (Å²) in [5, 5.41) is 13.9. The lowest BCUT2D eigenvalue weighted by molar-refractivity contribution is -0.147. The van der Waals surface area contributed by atoms with Crippen LogP contribution in [-0.4, -0.2) is 45.6 Å². The lowest BCUT2D eigenvalue weighted by atomic mass is 10.00. The van der Waals surface area contributed by atoms with Gasteiger partial charge in [0.15, 0.2) is 0 Å². The van der Waals surface area contributed by atoms with E-state index >= 15 is 0 Å². The Bertz CT molecular complexity index is 463. The first-order valence-corrected chi connectivity index (χ1v) is 7.14. The van der Waals surface area contributed by atoms with E-state index in [0.29, 0.717) is 25.9 Å². The van der Waals surface area contributed by atoms with Crippen LogP contribution in [0.1, 0.15) is 25.5 Å². The van der Waals surface area contributed by atoms with Crippen LogP contribution in [0.5, 0.6) is 0 Å². The largest absolute Gasteiger partial charge is 0.480 e. The minimum absolute atomic E-state index is 0.308. The number of nitrogens with zero attached hydrogens (tertiary/aromatic N) is 2. The smallest absolute Gasteiger partial charge is 0.329 e. The zero-order valence-electron chi connectivity index (χ0n) is 10.8. The predicted molar refractivity (Wildman–Crippen MR) is 71.2 cm³/mol. The summed E-state index contributed by atoms with van der Waals surface area (Å²) in [5.41, 5.74) is 1.61. The molecule has 2 heterocycles. The Labute approximate surface area is 115 Å². The van der Waals surface area contributed by atoms with Crippen LogP contribution >= 0.6 is 11.3 Å². The van der Waals surface area contributed by atoms with E-state index in [4.69, 9.17) is 0 Å². The predicted octanol–water partition coefficient (Wildman–Crippen LogP) is 1.33. The Morgan fingerprint density at radius 3 is 3.05 bits per heavy atom. The van der Waals surface area contributed by atoms with Gasteiger partial charge in [-0.3, -0.25) is 0 Å². The molecule has 1 aromatic heterocycles. The molecule has 1 atom stereocenters. The number of hydrogen-bond acceptors (Lipinski definition) is 4. The fourth-order valence-corrected chi connectivity index (χ4v) is 2.86. The summed E-state index contributed by atoms with van der Waals surface area (Å²) >= 11 is 1.52. The second-order valence-corrected chi connectivity index (χ2v) is 5.51. The van der Waals surface area contributed by atoms with Crippen molar-refractivity contribution in [3.05, 3.63) is 16.6 Å². The molecule has 1 unspecified atom stereocenters. The lowest BCUT2D eigenvalue weighted by Crippen LogP contribution is -2.54. The number of urea groups is 1. The molecular formula is C12H17N3O3S. The number of hydrogen-bond donors (Lipinski definition) is 2. The summed E-state index contributed by atoms with van der Waals surface area (Å²) in [7, 11) is 0. The Balaban J connectivity index is 1.87. The number of carbonyl (C=O) groups is 2. The maximum absolute atomic E-state index is 12.0. The van der Waals surface area contributed by atoms with Crippen molar-refractivity contribution in [1.29, 1.82) is 0 Å². The Kier molecular flexibility index (Phi) is 4.04. The number of carboxylic acids is 1. The fraction of sp³-hybridized carbons (Fsp3) is 0.583. The zero-order valence-corrected chi connectivity index (χ0v) is 11.6. The molecule has 0 aliphatic carbocycles. The van der Waals surface area contributed by atoms with Crippen LogP contribution in [0.15, 0.2) is 10.9 Å². The molecule has 1 aromatic rings. The molecule has 1 aliphatic heterocycles. The van der Waals surface area contributed by atoms with Gasteiger partial charge in [-0.25, -0.2) is 14.6 Å².